The van der Waals surface area contributed by atoms with E-state index in [1.54, 1.807) is 24.4 Å². The number of benzene rings is 2. The van der Waals surface area contributed by atoms with E-state index in [0.29, 0.717) is 12.3 Å². The summed E-state index contributed by atoms with van der Waals surface area (Å²) < 4.78 is 7.00. The van der Waals surface area contributed by atoms with Crippen LogP contribution in [0.5, 0.6) is 11.5 Å². The van der Waals surface area contributed by atoms with Crippen molar-refractivity contribution in [3.05, 3.63) is 75.9 Å². The molecule has 0 radical (unpaired) electrons. The van der Waals surface area contributed by atoms with Crippen LogP contribution in [0.4, 0.5) is 0 Å². The largest absolute Gasteiger partial charge is 0.504 e. The summed E-state index contributed by atoms with van der Waals surface area (Å²) in [7, 11) is 1.52. The summed E-state index contributed by atoms with van der Waals surface area (Å²) in [6.07, 6.45) is 1.73. The normalized spacial score (nSPS) is 11.9. The quantitative estimate of drug-likeness (QED) is 0.491. The molecule has 0 unspecified atom stereocenters. The number of aromatic nitrogens is 1. The minimum absolute atomic E-state index is 0.0975. The number of aryl methyl sites for hydroxylation is 1. The van der Waals surface area contributed by atoms with Crippen LogP contribution < -0.4 is 9.54 Å². The predicted molar refractivity (Wildman–Crippen MR) is 115 cm³/mol. The summed E-state index contributed by atoms with van der Waals surface area (Å²) in [5, 5.41) is 16.5. The van der Waals surface area contributed by atoms with Gasteiger partial charge in [-0.3, -0.25) is 4.99 Å². The second kappa shape index (κ2) is 8.71. The van der Waals surface area contributed by atoms with Gasteiger partial charge < -0.3 is 9.84 Å². The number of hydrogen-bond acceptors (Lipinski definition) is 5. The van der Waals surface area contributed by atoms with Crippen LogP contribution in [0.25, 0.3) is 11.3 Å². The third-order valence-electron chi connectivity index (χ3n) is 4.04. The van der Waals surface area contributed by atoms with Gasteiger partial charge in [0, 0.05) is 10.9 Å². The summed E-state index contributed by atoms with van der Waals surface area (Å²) in [5.41, 5.74) is 5.04. The van der Waals surface area contributed by atoms with Crippen LogP contribution in [-0.2, 0) is 0 Å². The third-order valence-corrected chi connectivity index (χ3v) is 4.90. The SMILES string of the molecule is C=C(C)CN=c1scc(-c2ccc(C)cc2)n1N=Cc1ccc(O)c(OC)c1. The Hall–Kier alpha value is -3.12. The first-order valence-corrected chi connectivity index (χ1v) is 9.69. The fourth-order valence-corrected chi connectivity index (χ4v) is 3.38. The average Bonchev–Trinajstić information content (AvgIpc) is 3.09. The van der Waals surface area contributed by atoms with E-state index in [1.807, 2.05) is 11.6 Å². The molecular weight excluding hydrogens is 370 g/mol. The smallest absolute Gasteiger partial charge is 0.206 e. The summed E-state index contributed by atoms with van der Waals surface area (Å²) in [4.78, 5) is 5.43. The van der Waals surface area contributed by atoms with Crippen LogP contribution in [-0.4, -0.2) is 29.7 Å². The van der Waals surface area contributed by atoms with Crippen LogP contribution in [0.2, 0.25) is 0 Å². The number of phenolic OH excluding ortho intramolecular Hbond substituents is 1. The molecule has 28 heavy (non-hydrogen) atoms. The molecule has 3 rings (SSSR count). The van der Waals surface area contributed by atoms with Gasteiger partial charge in [-0.25, -0.2) is 4.68 Å². The Balaban J connectivity index is 2.06. The number of methoxy groups -OCH3 is 1. The maximum atomic E-state index is 9.77. The van der Waals surface area contributed by atoms with Gasteiger partial charge in [0.1, 0.15) is 0 Å². The van der Waals surface area contributed by atoms with Crippen LogP contribution in [0.3, 0.4) is 0 Å². The average molecular weight is 394 g/mol. The van der Waals surface area contributed by atoms with Crippen molar-refractivity contribution >= 4 is 17.6 Å². The predicted octanol–water partition coefficient (Wildman–Crippen LogP) is 4.60. The molecule has 0 atom stereocenters. The second-order valence-electron chi connectivity index (χ2n) is 6.53. The molecule has 0 fully saturated rings. The standard InChI is InChI=1S/C22H23N3O2S/c1-15(2)12-23-22-25(19(14-28-22)18-8-5-16(3)6-9-18)24-13-17-7-10-20(26)21(11-17)27-4/h5-11,13-14,26H,1,12H2,2-4H3. The minimum Gasteiger partial charge on any atom is -0.504 e. The van der Waals surface area contributed by atoms with E-state index in [-0.39, 0.29) is 5.75 Å². The molecule has 6 heteroatoms. The molecule has 5 nitrogen and oxygen atoms in total. The lowest BCUT2D eigenvalue weighted by Crippen LogP contribution is -2.13. The molecular formula is C22H23N3O2S. The van der Waals surface area contributed by atoms with Crippen molar-refractivity contribution in [3.63, 3.8) is 0 Å². The number of thiazole rings is 1. The van der Waals surface area contributed by atoms with Crippen molar-refractivity contribution in [2.75, 3.05) is 13.7 Å². The van der Waals surface area contributed by atoms with Gasteiger partial charge in [-0.2, -0.15) is 5.10 Å². The lowest BCUT2D eigenvalue weighted by atomic mass is 10.1. The highest BCUT2D eigenvalue weighted by Gasteiger charge is 2.08. The molecule has 0 spiro atoms. The van der Waals surface area contributed by atoms with E-state index in [0.717, 1.165) is 27.2 Å². The highest BCUT2D eigenvalue weighted by atomic mass is 32.1. The number of phenols is 1. The first-order chi connectivity index (χ1) is 13.5. The zero-order valence-electron chi connectivity index (χ0n) is 16.2. The van der Waals surface area contributed by atoms with Gasteiger partial charge in [0.05, 0.1) is 25.6 Å². The van der Waals surface area contributed by atoms with E-state index >= 15 is 0 Å². The first-order valence-electron chi connectivity index (χ1n) is 8.81. The molecule has 0 amide bonds. The van der Waals surface area contributed by atoms with Crippen molar-refractivity contribution in [2.24, 2.45) is 10.1 Å². The van der Waals surface area contributed by atoms with Crippen molar-refractivity contribution in [3.8, 4) is 22.8 Å². The fourth-order valence-electron chi connectivity index (χ4n) is 2.54. The van der Waals surface area contributed by atoms with Crippen molar-refractivity contribution in [1.82, 2.24) is 4.68 Å². The highest BCUT2D eigenvalue weighted by molar-refractivity contribution is 7.07. The molecule has 144 valence electrons. The zero-order valence-corrected chi connectivity index (χ0v) is 17.0. The second-order valence-corrected chi connectivity index (χ2v) is 7.37. The Bertz CT molecular complexity index is 1080. The maximum absolute atomic E-state index is 9.77. The van der Waals surface area contributed by atoms with Gasteiger partial charge >= 0.3 is 0 Å². The Morgan fingerprint density at radius 3 is 2.68 bits per heavy atom. The molecule has 0 aliphatic rings. The van der Waals surface area contributed by atoms with E-state index in [1.165, 1.54) is 24.0 Å². The van der Waals surface area contributed by atoms with Gasteiger partial charge in [0.15, 0.2) is 11.5 Å². The molecule has 0 aliphatic carbocycles. The van der Waals surface area contributed by atoms with Crippen LogP contribution in [0, 0.1) is 6.92 Å². The summed E-state index contributed by atoms with van der Waals surface area (Å²) in [5.74, 6) is 0.505. The van der Waals surface area contributed by atoms with Gasteiger partial charge in [0.25, 0.3) is 0 Å². The van der Waals surface area contributed by atoms with E-state index < -0.39 is 0 Å². The Kier molecular flexibility index (Phi) is 6.11. The molecule has 0 aliphatic heterocycles. The van der Waals surface area contributed by atoms with Crippen molar-refractivity contribution < 1.29 is 9.84 Å². The molecule has 0 bridgehead atoms. The van der Waals surface area contributed by atoms with E-state index in [4.69, 9.17) is 4.74 Å². The maximum Gasteiger partial charge on any atom is 0.206 e. The zero-order chi connectivity index (χ0) is 20.1. The molecule has 3 aromatic rings. The molecule has 1 N–H and O–H groups in total. The molecule has 1 heterocycles. The van der Waals surface area contributed by atoms with Gasteiger partial charge in [-0.05, 0) is 37.6 Å². The van der Waals surface area contributed by atoms with Crippen molar-refractivity contribution in [1.29, 1.82) is 0 Å². The Labute approximate surface area is 168 Å². The van der Waals surface area contributed by atoms with Crippen LogP contribution in [0.15, 0.2) is 70.1 Å². The Morgan fingerprint density at radius 1 is 1.25 bits per heavy atom. The minimum atomic E-state index is 0.0975. The van der Waals surface area contributed by atoms with Crippen molar-refractivity contribution in [2.45, 2.75) is 13.8 Å². The number of rotatable bonds is 6. The fraction of sp³-hybridized carbons (Fsp3) is 0.182. The third kappa shape index (κ3) is 4.58. The summed E-state index contributed by atoms with van der Waals surface area (Å²) in [6.45, 7) is 8.49. The summed E-state index contributed by atoms with van der Waals surface area (Å²) >= 11 is 1.54. The molecule has 1 aromatic heterocycles. The van der Waals surface area contributed by atoms with E-state index in [9.17, 15) is 5.11 Å². The number of aromatic hydroxyl groups is 1. The van der Waals surface area contributed by atoms with Gasteiger partial charge in [-0.1, -0.05) is 42.0 Å². The number of nitrogens with zero attached hydrogens (tertiary/aromatic N) is 3. The van der Waals surface area contributed by atoms with Crippen LogP contribution in [0.1, 0.15) is 18.1 Å². The van der Waals surface area contributed by atoms with Gasteiger partial charge in [-0.15, -0.1) is 11.3 Å². The molecule has 0 saturated heterocycles. The first kappa shape index (κ1) is 19.6. The lowest BCUT2D eigenvalue weighted by Gasteiger charge is -2.05. The molecule has 2 aromatic carbocycles. The van der Waals surface area contributed by atoms with Crippen LogP contribution >= 0.6 is 11.3 Å². The highest BCUT2D eigenvalue weighted by Crippen LogP contribution is 2.26. The topological polar surface area (TPSA) is 59.1 Å². The number of ether oxygens (including phenoxy) is 1. The summed E-state index contributed by atoms with van der Waals surface area (Å²) in [6, 6.07) is 13.4. The monoisotopic (exact) mass is 393 g/mol. The lowest BCUT2D eigenvalue weighted by molar-refractivity contribution is 0.373. The van der Waals surface area contributed by atoms with Gasteiger partial charge in [0.2, 0.25) is 4.80 Å². The van der Waals surface area contributed by atoms with E-state index in [2.05, 4.69) is 53.2 Å². The molecule has 0 saturated carbocycles. The number of hydrogen-bond donors (Lipinski definition) is 1. The Morgan fingerprint density at radius 2 is 2.00 bits per heavy atom.